The fourth-order valence-corrected chi connectivity index (χ4v) is 5.34. The second-order valence-corrected chi connectivity index (χ2v) is 9.19. The summed E-state index contributed by atoms with van der Waals surface area (Å²) in [6.07, 6.45) is 0. The number of carbonyl (C=O) groups excluding carboxylic acids is 1. The van der Waals surface area contributed by atoms with Crippen molar-refractivity contribution in [2.45, 2.75) is 19.0 Å². The van der Waals surface area contributed by atoms with Gasteiger partial charge in [-0.15, -0.1) is 0 Å². The van der Waals surface area contributed by atoms with E-state index in [4.69, 9.17) is 11.6 Å². The maximum atomic E-state index is 13.8. The van der Waals surface area contributed by atoms with Crippen molar-refractivity contribution in [2.75, 3.05) is 0 Å². The number of para-hydroxylation sites is 1. The molecule has 166 valence electrons. The minimum absolute atomic E-state index is 0.0595. The van der Waals surface area contributed by atoms with Crippen molar-refractivity contribution in [1.29, 1.82) is 0 Å². The molecule has 4 aromatic carbocycles. The van der Waals surface area contributed by atoms with Gasteiger partial charge in [-0.25, -0.2) is 0 Å². The standard InChI is InChI=1S/C30H23ClN2O/c1-19(20-9-3-2-4-10-20)33-29(23-11-5-6-12-24(23)30(33)34)27-25-13-7-8-14-26(25)32-28(27)21-15-17-22(31)18-16-21/h2-19,29,32H,1H3/t19-,29-/m0/s1. The van der Waals surface area contributed by atoms with Gasteiger partial charge in [-0.05, 0) is 47.9 Å². The van der Waals surface area contributed by atoms with E-state index >= 15 is 0 Å². The first-order chi connectivity index (χ1) is 16.6. The number of rotatable bonds is 4. The van der Waals surface area contributed by atoms with Crippen LogP contribution >= 0.6 is 11.6 Å². The van der Waals surface area contributed by atoms with Crippen molar-refractivity contribution in [3.8, 4) is 11.3 Å². The van der Waals surface area contributed by atoms with E-state index in [-0.39, 0.29) is 18.0 Å². The fourth-order valence-electron chi connectivity index (χ4n) is 5.21. The number of H-pyrrole nitrogens is 1. The molecular weight excluding hydrogens is 440 g/mol. The largest absolute Gasteiger partial charge is 0.354 e. The number of halogens is 1. The number of hydrogen-bond donors (Lipinski definition) is 1. The van der Waals surface area contributed by atoms with Gasteiger partial charge >= 0.3 is 0 Å². The first-order valence-corrected chi connectivity index (χ1v) is 11.8. The fraction of sp³-hybridized carbons (Fsp3) is 0.100. The SMILES string of the molecule is C[C@@H](c1ccccc1)N1C(=O)c2ccccc2[C@H]1c1c(-c2ccc(Cl)cc2)[nH]c2ccccc12. The quantitative estimate of drug-likeness (QED) is 0.290. The molecule has 4 heteroatoms. The molecule has 0 aliphatic carbocycles. The normalized spacial score (nSPS) is 16.1. The summed E-state index contributed by atoms with van der Waals surface area (Å²) >= 11 is 6.20. The predicted molar refractivity (Wildman–Crippen MR) is 138 cm³/mol. The van der Waals surface area contributed by atoms with Crippen LogP contribution in [0.25, 0.3) is 22.2 Å². The van der Waals surface area contributed by atoms with Gasteiger partial charge in [-0.3, -0.25) is 4.79 Å². The van der Waals surface area contributed by atoms with Crippen molar-refractivity contribution >= 4 is 28.4 Å². The first kappa shape index (κ1) is 20.8. The summed E-state index contributed by atoms with van der Waals surface area (Å²) in [5, 5.41) is 1.81. The summed E-state index contributed by atoms with van der Waals surface area (Å²) in [6.45, 7) is 2.11. The Morgan fingerprint density at radius 3 is 2.29 bits per heavy atom. The summed E-state index contributed by atoms with van der Waals surface area (Å²) in [5.74, 6) is 0.0595. The molecule has 0 saturated heterocycles. The Hall–Kier alpha value is -3.82. The molecule has 1 aliphatic heterocycles. The Bertz CT molecular complexity index is 1500. The maximum Gasteiger partial charge on any atom is 0.255 e. The van der Waals surface area contributed by atoms with Crippen LogP contribution in [0.5, 0.6) is 0 Å². The van der Waals surface area contributed by atoms with E-state index in [1.54, 1.807) is 0 Å². The number of benzene rings is 4. The van der Waals surface area contributed by atoms with E-state index in [1.165, 1.54) is 0 Å². The molecule has 3 nitrogen and oxygen atoms in total. The summed E-state index contributed by atoms with van der Waals surface area (Å²) in [4.78, 5) is 19.5. The van der Waals surface area contributed by atoms with Crippen molar-refractivity contribution in [2.24, 2.45) is 0 Å². The molecule has 0 radical (unpaired) electrons. The zero-order chi connectivity index (χ0) is 23.2. The molecule has 0 unspecified atom stereocenters. The number of amides is 1. The van der Waals surface area contributed by atoms with Crippen LogP contribution < -0.4 is 0 Å². The van der Waals surface area contributed by atoms with Crippen LogP contribution in [0.4, 0.5) is 0 Å². The van der Waals surface area contributed by atoms with Gasteiger partial charge in [-0.2, -0.15) is 0 Å². The Morgan fingerprint density at radius 1 is 0.824 bits per heavy atom. The molecule has 34 heavy (non-hydrogen) atoms. The van der Waals surface area contributed by atoms with Crippen LogP contribution in [-0.2, 0) is 0 Å². The molecule has 1 amide bonds. The molecule has 1 aromatic heterocycles. The topological polar surface area (TPSA) is 36.1 Å². The predicted octanol–water partition coefficient (Wildman–Crippen LogP) is 7.79. The molecule has 0 spiro atoms. The van der Waals surface area contributed by atoms with Crippen LogP contribution in [0.1, 0.15) is 46.1 Å². The van der Waals surface area contributed by atoms with Gasteiger partial charge in [0.25, 0.3) is 5.91 Å². The van der Waals surface area contributed by atoms with Crippen LogP contribution in [0.15, 0.2) is 103 Å². The minimum Gasteiger partial charge on any atom is -0.354 e. The van der Waals surface area contributed by atoms with E-state index in [1.807, 2.05) is 71.6 Å². The van der Waals surface area contributed by atoms with Crippen LogP contribution in [0.2, 0.25) is 5.02 Å². The summed E-state index contributed by atoms with van der Waals surface area (Å²) in [6, 6.07) is 34.1. The van der Waals surface area contributed by atoms with Gasteiger partial charge in [0, 0.05) is 27.1 Å². The first-order valence-electron chi connectivity index (χ1n) is 11.5. The molecular formula is C30H23ClN2O. The smallest absolute Gasteiger partial charge is 0.255 e. The van der Waals surface area contributed by atoms with Crippen LogP contribution in [0, 0.1) is 0 Å². The highest BCUT2D eigenvalue weighted by molar-refractivity contribution is 6.30. The van der Waals surface area contributed by atoms with Gasteiger partial charge in [0.2, 0.25) is 0 Å². The number of carbonyl (C=O) groups is 1. The summed E-state index contributed by atoms with van der Waals surface area (Å²) < 4.78 is 0. The number of fused-ring (bicyclic) bond motifs is 2. The van der Waals surface area contributed by atoms with Crippen LogP contribution in [-0.4, -0.2) is 15.8 Å². The highest BCUT2D eigenvalue weighted by Gasteiger charge is 2.42. The third-order valence-corrected chi connectivity index (χ3v) is 7.10. The molecule has 2 heterocycles. The number of nitrogens with one attached hydrogen (secondary N) is 1. The third kappa shape index (κ3) is 3.24. The molecule has 5 aromatic rings. The van der Waals surface area contributed by atoms with E-state index < -0.39 is 0 Å². The van der Waals surface area contributed by atoms with E-state index in [9.17, 15) is 4.79 Å². The molecule has 0 fully saturated rings. The molecule has 1 aliphatic rings. The highest BCUT2D eigenvalue weighted by Crippen LogP contribution is 2.48. The van der Waals surface area contributed by atoms with Gasteiger partial charge in [0.15, 0.2) is 0 Å². The number of aromatic nitrogens is 1. The van der Waals surface area contributed by atoms with Gasteiger partial charge in [0.1, 0.15) is 0 Å². The average Bonchev–Trinajstić information content (AvgIpc) is 3.40. The Kier molecular flexibility index (Phi) is 5.00. The summed E-state index contributed by atoms with van der Waals surface area (Å²) in [5.41, 5.74) is 7.13. The van der Waals surface area contributed by atoms with E-state index in [2.05, 4.69) is 48.3 Å². The third-order valence-electron chi connectivity index (χ3n) is 6.85. The Balaban J connectivity index is 1.62. The van der Waals surface area contributed by atoms with E-state index in [0.29, 0.717) is 5.02 Å². The zero-order valence-corrected chi connectivity index (χ0v) is 19.5. The lowest BCUT2D eigenvalue weighted by Gasteiger charge is -2.32. The Morgan fingerprint density at radius 2 is 1.50 bits per heavy atom. The zero-order valence-electron chi connectivity index (χ0n) is 18.7. The van der Waals surface area contributed by atoms with Crippen molar-refractivity contribution < 1.29 is 4.79 Å². The lowest BCUT2D eigenvalue weighted by molar-refractivity contribution is 0.0678. The highest BCUT2D eigenvalue weighted by atomic mass is 35.5. The van der Waals surface area contributed by atoms with Crippen molar-refractivity contribution in [3.63, 3.8) is 0 Å². The molecule has 1 N–H and O–H groups in total. The van der Waals surface area contributed by atoms with E-state index in [0.717, 1.165) is 44.4 Å². The lowest BCUT2D eigenvalue weighted by atomic mass is 9.92. The maximum absolute atomic E-state index is 13.8. The number of nitrogens with zero attached hydrogens (tertiary/aromatic N) is 1. The lowest BCUT2D eigenvalue weighted by Crippen LogP contribution is -2.31. The van der Waals surface area contributed by atoms with Gasteiger partial charge < -0.3 is 9.88 Å². The molecule has 0 bridgehead atoms. The monoisotopic (exact) mass is 462 g/mol. The molecule has 0 saturated carbocycles. The average molecular weight is 463 g/mol. The Labute approximate surface area is 203 Å². The summed E-state index contributed by atoms with van der Waals surface area (Å²) in [7, 11) is 0. The second-order valence-electron chi connectivity index (χ2n) is 8.76. The second kappa shape index (κ2) is 8.19. The van der Waals surface area contributed by atoms with Crippen LogP contribution in [0.3, 0.4) is 0 Å². The van der Waals surface area contributed by atoms with Crippen molar-refractivity contribution in [3.05, 3.63) is 130 Å². The number of aromatic amines is 1. The van der Waals surface area contributed by atoms with Crippen molar-refractivity contribution in [1.82, 2.24) is 9.88 Å². The minimum atomic E-state index is -0.222. The van der Waals surface area contributed by atoms with Gasteiger partial charge in [-0.1, -0.05) is 90.5 Å². The van der Waals surface area contributed by atoms with Gasteiger partial charge in [0.05, 0.1) is 17.8 Å². The molecule has 2 atom stereocenters. The number of hydrogen-bond acceptors (Lipinski definition) is 1. The molecule has 6 rings (SSSR count).